The van der Waals surface area contributed by atoms with Crippen LogP contribution in [0.4, 0.5) is 0 Å². The van der Waals surface area contributed by atoms with E-state index in [4.69, 9.17) is 5.11 Å². The van der Waals surface area contributed by atoms with E-state index in [0.29, 0.717) is 6.04 Å². The zero-order valence-corrected chi connectivity index (χ0v) is 13.5. The molecule has 2 aliphatic rings. The average molecular weight is 339 g/mol. The third-order valence-corrected chi connectivity index (χ3v) is 5.14. The van der Waals surface area contributed by atoms with Crippen molar-refractivity contribution in [1.29, 1.82) is 0 Å². The number of β-amino-alcohol motifs (C(OH)–C–C–N with tert-alkyl or cyclic N) is 1. The van der Waals surface area contributed by atoms with Crippen LogP contribution in [0.15, 0.2) is 22.7 Å². The number of aliphatic hydroxyl groups is 1. The van der Waals surface area contributed by atoms with Gasteiger partial charge in [-0.25, -0.2) is 0 Å². The van der Waals surface area contributed by atoms with Gasteiger partial charge in [0.05, 0.1) is 6.61 Å². The highest BCUT2D eigenvalue weighted by molar-refractivity contribution is 9.10. The summed E-state index contributed by atoms with van der Waals surface area (Å²) < 4.78 is 1.20. The highest BCUT2D eigenvalue weighted by atomic mass is 79.9. The molecule has 1 aromatic rings. The summed E-state index contributed by atoms with van der Waals surface area (Å²) in [6.45, 7) is 5.52. The number of benzene rings is 1. The average Bonchev–Trinajstić information content (AvgIpc) is 2.47. The molecule has 1 aliphatic carbocycles. The molecule has 0 saturated carbocycles. The van der Waals surface area contributed by atoms with E-state index in [1.807, 2.05) is 0 Å². The first-order valence-corrected chi connectivity index (χ1v) is 8.43. The van der Waals surface area contributed by atoms with Crippen LogP contribution in [0.5, 0.6) is 0 Å². The Labute approximate surface area is 129 Å². The first-order valence-electron chi connectivity index (χ1n) is 7.63. The molecular weight excluding hydrogens is 316 g/mol. The van der Waals surface area contributed by atoms with E-state index >= 15 is 0 Å². The van der Waals surface area contributed by atoms with E-state index in [1.54, 1.807) is 0 Å². The van der Waals surface area contributed by atoms with Gasteiger partial charge in [0.15, 0.2) is 0 Å². The molecule has 0 unspecified atom stereocenters. The van der Waals surface area contributed by atoms with Crippen LogP contribution in [0.3, 0.4) is 0 Å². The zero-order valence-electron chi connectivity index (χ0n) is 11.9. The first-order chi connectivity index (χ1) is 9.78. The maximum Gasteiger partial charge on any atom is 0.0558 e. The number of hydrogen-bond acceptors (Lipinski definition) is 3. The molecule has 20 heavy (non-hydrogen) atoms. The predicted octanol–water partition coefficient (Wildman–Crippen LogP) is 2.44. The number of aryl methyl sites for hydroxylation is 1. The molecule has 1 N–H and O–H groups in total. The third-order valence-electron chi connectivity index (χ3n) is 4.65. The third kappa shape index (κ3) is 3.08. The van der Waals surface area contributed by atoms with Gasteiger partial charge in [-0.3, -0.25) is 9.80 Å². The molecule has 110 valence electrons. The van der Waals surface area contributed by atoms with Gasteiger partial charge in [-0.2, -0.15) is 0 Å². The Balaban J connectivity index is 1.70. The van der Waals surface area contributed by atoms with E-state index in [1.165, 1.54) is 34.9 Å². The van der Waals surface area contributed by atoms with Crippen LogP contribution in [0.25, 0.3) is 0 Å². The fraction of sp³-hybridized carbons (Fsp3) is 0.625. The van der Waals surface area contributed by atoms with E-state index in [-0.39, 0.29) is 6.61 Å². The molecule has 1 heterocycles. The number of halogens is 1. The summed E-state index contributed by atoms with van der Waals surface area (Å²) in [5.74, 6) is 0. The molecule has 4 heteroatoms. The van der Waals surface area contributed by atoms with E-state index in [9.17, 15) is 0 Å². The molecule has 3 nitrogen and oxygen atoms in total. The Bertz CT molecular complexity index is 458. The first kappa shape index (κ1) is 14.5. The van der Waals surface area contributed by atoms with Crippen molar-refractivity contribution in [2.75, 3.05) is 39.3 Å². The Morgan fingerprint density at radius 3 is 2.75 bits per heavy atom. The highest BCUT2D eigenvalue weighted by Gasteiger charge is 2.28. The van der Waals surface area contributed by atoms with Gasteiger partial charge in [-0.15, -0.1) is 0 Å². The molecule has 0 spiro atoms. The second-order valence-electron chi connectivity index (χ2n) is 5.85. The monoisotopic (exact) mass is 338 g/mol. The number of rotatable bonds is 3. The molecule has 1 fully saturated rings. The lowest BCUT2D eigenvalue weighted by Gasteiger charge is -2.41. The molecule has 0 amide bonds. The van der Waals surface area contributed by atoms with Gasteiger partial charge in [-0.05, 0) is 42.5 Å². The maximum absolute atomic E-state index is 9.03. The normalized spacial score (nSPS) is 24.6. The van der Waals surface area contributed by atoms with Crippen molar-refractivity contribution in [3.05, 3.63) is 33.8 Å². The van der Waals surface area contributed by atoms with Crippen molar-refractivity contribution < 1.29 is 5.11 Å². The Morgan fingerprint density at radius 1 is 1.20 bits per heavy atom. The van der Waals surface area contributed by atoms with Gasteiger partial charge >= 0.3 is 0 Å². The fourth-order valence-electron chi connectivity index (χ4n) is 3.58. The Morgan fingerprint density at radius 2 is 2.00 bits per heavy atom. The summed E-state index contributed by atoms with van der Waals surface area (Å²) in [7, 11) is 0. The highest BCUT2D eigenvalue weighted by Crippen LogP contribution is 2.35. The summed E-state index contributed by atoms with van der Waals surface area (Å²) in [5.41, 5.74) is 3.06. The molecule has 1 aliphatic heterocycles. The molecule has 1 saturated heterocycles. The van der Waals surface area contributed by atoms with Gasteiger partial charge in [-0.1, -0.05) is 22.0 Å². The van der Waals surface area contributed by atoms with E-state index in [2.05, 4.69) is 43.9 Å². The van der Waals surface area contributed by atoms with Gasteiger partial charge in [0, 0.05) is 43.2 Å². The number of nitrogens with zero attached hydrogens (tertiary/aromatic N) is 2. The van der Waals surface area contributed by atoms with Crippen molar-refractivity contribution in [2.24, 2.45) is 0 Å². The summed E-state index contributed by atoms with van der Waals surface area (Å²) in [6, 6.07) is 7.38. The lowest BCUT2D eigenvalue weighted by Crippen LogP contribution is -2.48. The number of fused-ring (bicyclic) bond motifs is 1. The smallest absolute Gasteiger partial charge is 0.0558 e. The summed E-state index contributed by atoms with van der Waals surface area (Å²) in [4.78, 5) is 5.00. The van der Waals surface area contributed by atoms with Crippen molar-refractivity contribution >= 4 is 15.9 Å². The van der Waals surface area contributed by atoms with E-state index in [0.717, 1.165) is 32.7 Å². The standard InChI is InChI=1S/C16H23BrN2O/c17-14-4-5-15-13(12-14)2-1-3-16(15)19-8-6-18(7-9-19)10-11-20/h4-5,12,16,20H,1-3,6-11H2/t16-/m0/s1. The van der Waals surface area contributed by atoms with E-state index < -0.39 is 0 Å². The maximum atomic E-state index is 9.03. The molecule has 0 aromatic heterocycles. The number of aliphatic hydroxyl groups excluding tert-OH is 1. The van der Waals surface area contributed by atoms with Crippen LogP contribution in [0.1, 0.15) is 30.0 Å². The summed E-state index contributed by atoms with van der Waals surface area (Å²) in [5, 5.41) is 9.03. The number of piperazine rings is 1. The molecule has 0 bridgehead atoms. The second-order valence-corrected chi connectivity index (χ2v) is 6.77. The van der Waals surface area contributed by atoms with Gasteiger partial charge < -0.3 is 5.11 Å². The summed E-state index contributed by atoms with van der Waals surface area (Å²) in [6.07, 6.45) is 3.80. The van der Waals surface area contributed by atoms with Crippen molar-refractivity contribution in [3.63, 3.8) is 0 Å². The molecule has 0 radical (unpaired) electrons. The van der Waals surface area contributed by atoms with Crippen LogP contribution < -0.4 is 0 Å². The minimum Gasteiger partial charge on any atom is -0.395 e. The number of hydrogen-bond donors (Lipinski definition) is 1. The van der Waals surface area contributed by atoms with Crippen LogP contribution in [-0.2, 0) is 6.42 Å². The fourth-order valence-corrected chi connectivity index (χ4v) is 3.99. The van der Waals surface area contributed by atoms with Crippen molar-refractivity contribution in [3.8, 4) is 0 Å². The van der Waals surface area contributed by atoms with Crippen LogP contribution in [0.2, 0.25) is 0 Å². The van der Waals surface area contributed by atoms with Gasteiger partial charge in [0.1, 0.15) is 0 Å². The van der Waals surface area contributed by atoms with Gasteiger partial charge in [0.2, 0.25) is 0 Å². The predicted molar refractivity (Wildman–Crippen MR) is 84.9 cm³/mol. The summed E-state index contributed by atoms with van der Waals surface area (Å²) >= 11 is 3.59. The van der Waals surface area contributed by atoms with Crippen LogP contribution in [-0.4, -0.2) is 54.2 Å². The topological polar surface area (TPSA) is 26.7 Å². The SMILES string of the molecule is OCCN1CCN([C@H]2CCCc3cc(Br)ccc32)CC1. The minimum atomic E-state index is 0.278. The van der Waals surface area contributed by atoms with Gasteiger partial charge in [0.25, 0.3) is 0 Å². The molecule has 3 rings (SSSR count). The molecular formula is C16H23BrN2O. The Kier molecular flexibility index (Phi) is 4.76. The van der Waals surface area contributed by atoms with Crippen LogP contribution in [0, 0.1) is 0 Å². The second kappa shape index (κ2) is 6.56. The minimum absolute atomic E-state index is 0.278. The zero-order chi connectivity index (χ0) is 13.9. The Hall–Kier alpha value is -0.420. The largest absolute Gasteiger partial charge is 0.395 e. The quantitative estimate of drug-likeness (QED) is 0.916. The lowest BCUT2D eigenvalue weighted by atomic mass is 9.86. The molecule has 1 aromatic carbocycles. The molecule has 1 atom stereocenters. The van der Waals surface area contributed by atoms with Crippen molar-refractivity contribution in [2.45, 2.75) is 25.3 Å². The lowest BCUT2D eigenvalue weighted by molar-refractivity contribution is 0.0772. The van der Waals surface area contributed by atoms with Crippen molar-refractivity contribution in [1.82, 2.24) is 9.80 Å². The van der Waals surface area contributed by atoms with Crippen LogP contribution >= 0.6 is 15.9 Å².